The first-order valence-corrected chi connectivity index (χ1v) is 5.06. The molecular weight excluding hydrogens is 208 g/mol. The Morgan fingerprint density at radius 1 is 1.69 bits per heavy atom. The van der Waals surface area contributed by atoms with E-state index < -0.39 is 6.23 Å². The molecule has 0 aromatic heterocycles. The number of hydrogen-bond acceptors (Lipinski definition) is 3. The largest absolute Gasteiger partial charge is 0.475 e. The molecule has 1 rings (SSSR count). The number of rotatable bonds is 3. The van der Waals surface area contributed by atoms with Gasteiger partial charge in [0.15, 0.2) is 6.23 Å². The van der Waals surface area contributed by atoms with Gasteiger partial charge in [-0.25, -0.2) is 4.79 Å². The van der Waals surface area contributed by atoms with Gasteiger partial charge in [0.05, 0.1) is 5.76 Å². The first-order valence-electron chi connectivity index (χ1n) is 5.06. The molecule has 1 aliphatic heterocycles. The molecule has 5 nitrogen and oxygen atoms in total. The van der Waals surface area contributed by atoms with Gasteiger partial charge < -0.3 is 10.1 Å². The Bertz CT molecular complexity index is 325. The van der Waals surface area contributed by atoms with E-state index in [4.69, 9.17) is 4.74 Å². The Labute approximate surface area is 94.7 Å². The van der Waals surface area contributed by atoms with Crippen LogP contribution < -0.4 is 5.32 Å². The van der Waals surface area contributed by atoms with Crippen LogP contribution in [0, 0.1) is 5.92 Å². The van der Waals surface area contributed by atoms with E-state index in [9.17, 15) is 9.59 Å². The molecular formula is C11H16N2O3. The summed E-state index contributed by atoms with van der Waals surface area (Å²) in [5.74, 6) is 0.812. The van der Waals surface area contributed by atoms with Crippen molar-refractivity contribution in [2.24, 2.45) is 5.92 Å². The summed E-state index contributed by atoms with van der Waals surface area (Å²) >= 11 is 0. The van der Waals surface area contributed by atoms with Crippen LogP contribution in [0.2, 0.25) is 0 Å². The second kappa shape index (κ2) is 5.34. The lowest BCUT2D eigenvalue weighted by Crippen LogP contribution is -2.43. The Morgan fingerprint density at radius 2 is 2.38 bits per heavy atom. The predicted octanol–water partition coefficient (Wildman–Crippen LogP) is 1.24. The van der Waals surface area contributed by atoms with E-state index >= 15 is 0 Å². The summed E-state index contributed by atoms with van der Waals surface area (Å²) in [6, 6.07) is -0.315. The molecule has 88 valence electrons. The summed E-state index contributed by atoms with van der Waals surface area (Å²) in [7, 11) is 1.53. The van der Waals surface area contributed by atoms with E-state index in [2.05, 4.69) is 11.9 Å². The molecule has 1 aliphatic rings. The third kappa shape index (κ3) is 2.62. The van der Waals surface area contributed by atoms with Gasteiger partial charge in [0, 0.05) is 25.6 Å². The van der Waals surface area contributed by atoms with Gasteiger partial charge in [0.25, 0.3) is 0 Å². The van der Waals surface area contributed by atoms with Gasteiger partial charge in [-0.05, 0) is 6.08 Å². The van der Waals surface area contributed by atoms with Crippen LogP contribution in [-0.2, 0) is 9.53 Å². The van der Waals surface area contributed by atoms with Gasteiger partial charge >= 0.3 is 6.03 Å². The van der Waals surface area contributed by atoms with Crippen LogP contribution in [0.1, 0.15) is 13.3 Å². The summed E-state index contributed by atoms with van der Waals surface area (Å²) < 4.78 is 5.46. The number of urea groups is 1. The maximum atomic E-state index is 11.6. The highest BCUT2D eigenvalue weighted by Crippen LogP contribution is 2.30. The molecule has 1 N–H and O–H groups in total. The van der Waals surface area contributed by atoms with Gasteiger partial charge in [-0.15, -0.1) is 0 Å². The lowest BCUT2D eigenvalue weighted by atomic mass is 10.1. The maximum Gasteiger partial charge on any atom is 0.324 e. The van der Waals surface area contributed by atoms with Crippen molar-refractivity contribution >= 4 is 12.3 Å². The minimum atomic E-state index is -0.399. The number of carbonyl (C=O) groups is 2. The molecule has 0 saturated carbocycles. The minimum absolute atomic E-state index is 0.154. The third-order valence-corrected chi connectivity index (χ3v) is 2.37. The normalized spacial score (nSPS) is 24.2. The molecule has 2 atom stereocenters. The molecule has 0 aromatic rings. The SMILES string of the molecule is C=C1CC(C)C(N(/C=C\C=O)C(=O)NC)O1. The van der Waals surface area contributed by atoms with Crippen molar-refractivity contribution in [1.29, 1.82) is 0 Å². The number of amides is 2. The van der Waals surface area contributed by atoms with Crippen molar-refractivity contribution in [3.8, 4) is 0 Å². The standard InChI is InChI=1S/C11H16N2O3/c1-8-7-9(2)16-10(8)13(5-4-6-14)11(15)12-3/h4-6,8,10H,2,7H2,1,3H3,(H,12,15)/b5-4-. The molecule has 5 heteroatoms. The van der Waals surface area contributed by atoms with Crippen molar-refractivity contribution in [3.05, 3.63) is 24.6 Å². The van der Waals surface area contributed by atoms with E-state index in [-0.39, 0.29) is 11.9 Å². The molecule has 0 aromatic carbocycles. The van der Waals surface area contributed by atoms with Crippen LogP contribution in [-0.4, -0.2) is 30.5 Å². The van der Waals surface area contributed by atoms with Crippen LogP contribution in [0.15, 0.2) is 24.6 Å². The van der Waals surface area contributed by atoms with Crippen molar-refractivity contribution < 1.29 is 14.3 Å². The highest BCUT2D eigenvalue weighted by atomic mass is 16.5. The summed E-state index contributed by atoms with van der Waals surface area (Å²) in [5, 5.41) is 2.50. The molecule has 0 radical (unpaired) electrons. The van der Waals surface area contributed by atoms with Gasteiger partial charge in [-0.1, -0.05) is 13.5 Å². The Kier molecular flexibility index (Phi) is 4.10. The van der Waals surface area contributed by atoms with Gasteiger partial charge in [-0.3, -0.25) is 9.69 Å². The van der Waals surface area contributed by atoms with E-state index in [1.165, 1.54) is 24.2 Å². The topological polar surface area (TPSA) is 58.6 Å². The van der Waals surface area contributed by atoms with E-state index in [0.29, 0.717) is 18.5 Å². The summed E-state index contributed by atoms with van der Waals surface area (Å²) in [5.41, 5.74) is 0. The average molecular weight is 224 g/mol. The fraction of sp³-hybridized carbons (Fsp3) is 0.455. The first-order chi connectivity index (χ1) is 7.60. The zero-order valence-electron chi connectivity index (χ0n) is 9.47. The number of hydrogen-bond donors (Lipinski definition) is 1. The van der Waals surface area contributed by atoms with Crippen molar-refractivity contribution in [2.75, 3.05) is 7.05 Å². The van der Waals surface area contributed by atoms with Gasteiger partial charge in [0.1, 0.15) is 6.29 Å². The van der Waals surface area contributed by atoms with E-state index in [0.717, 1.165) is 0 Å². The zero-order valence-corrected chi connectivity index (χ0v) is 9.47. The number of carbonyl (C=O) groups excluding carboxylic acids is 2. The van der Waals surface area contributed by atoms with E-state index in [1.807, 2.05) is 6.92 Å². The lowest BCUT2D eigenvalue weighted by Gasteiger charge is -2.26. The summed E-state index contributed by atoms with van der Waals surface area (Å²) in [6.07, 6.45) is 3.60. The molecule has 0 bridgehead atoms. The number of nitrogens with zero attached hydrogens (tertiary/aromatic N) is 1. The number of allylic oxidation sites excluding steroid dienone is 2. The van der Waals surface area contributed by atoms with Crippen molar-refractivity contribution in [2.45, 2.75) is 19.6 Å². The average Bonchev–Trinajstić information content (AvgIpc) is 2.58. The van der Waals surface area contributed by atoms with Crippen LogP contribution in [0.5, 0.6) is 0 Å². The predicted molar refractivity (Wildman–Crippen MR) is 59.3 cm³/mol. The molecule has 0 spiro atoms. The highest BCUT2D eigenvalue weighted by Gasteiger charge is 2.34. The third-order valence-electron chi connectivity index (χ3n) is 2.37. The zero-order chi connectivity index (χ0) is 12.1. The monoisotopic (exact) mass is 224 g/mol. The second-order valence-corrected chi connectivity index (χ2v) is 3.67. The first kappa shape index (κ1) is 12.3. The molecule has 0 aliphatic carbocycles. The van der Waals surface area contributed by atoms with Crippen LogP contribution in [0.4, 0.5) is 4.79 Å². The lowest BCUT2D eigenvalue weighted by molar-refractivity contribution is -0.104. The van der Waals surface area contributed by atoms with Crippen LogP contribution in [0.3, 0.4) is 0 Å². The molecule has 16 heavy (non-hydrogen) atoms. The summed E-state index contributed by atoms with van der Waals surface area (Å²) in [6.45, 7) is 5.69. The molecule has 2 unspecified atom stereocenters. The molecule has 2 amide bonds. The number of ether oxygens (including phenoxy) is 1. The number of nitrogens with one attached hydrogen (secondary N) is 1. The summed E-state index contributed by atoms with van der Waals surface area (Å²) in [4.78, 5) is 23.2. The van der Waals surface area contributed by atoms with Crippen molar-refractivity contribution in [3.63, 3.8) is 0 Å². The van der Waals surface area contributed by atoms with Crippen LogP contribution >= 0.6 is 0 Å². The molecule has 1 heterocycles. The Morgan fingerprint density at radius 3 is 2.81 bits per heavy atom. The van der Waals surface area contributed by atoms with Crippen LogP contribution in [0.25, 0.3) is 0 Å². The Hall–Kier alpha value is -1.78. The van der Waals surface area contributed by atoms with Gasteiger partial charge in [0.2, 0.25) is 0 Å². The molecule has 1 fully saturated rings. The number of aldehydes is 1. The minimum Gasteiger partial charge on any atom is -0.475 e. The van der Waals surface area contributed by atoms with Gasteiger partial charge in [-0.2, -0.15) is 0 Å². The Balaban J connectivity index is 2.83. The molecule has 1 saturated heterocycles. The van der Waals surface area contributed by atoms with Crippen molar-refractivity contribution in [1.82, 2.24) is 10.2 Å². The van der Waals surface area contributed by atoms with E-state index in [1.54, 1.807) is 0 Å². The highest BCUT2D eigenvalue weighted by molar-refractivity contribution is 5.76. The fourth-order valence-electron chi connectivity index (χ4n) is 1.65. The maximum absolute atomic E-state index is 11.6. The fourth-order valence-corrected chi connectivity index (χ4v) is 1.65. The smallest absolute Gasteiger partial charge is 0.324 e. The second-order valence-electron chi connectivity index (χ2n) is 3.67. The quantitative estimate of drug-likeness (QED) is 0.579.